The van der Waals surface area contributed by atoms with Crippen LogP contribution >= 0.6 is 11.3 Å². The number of fused-ring (bicyclic) bond motifs is 1. The van der Waals surface area contributed by atoms with Crippen molar-refractivity contribution in [2.45, 2.75) is 26.2 Å². The van der Waals surface area contributed by atoms with Crippen molar-refractivity contribution in [3.8, 4) is 0 Å². The van der Waals surface area contributed by atoms with E-state index in [2.05, 4.69) is 35.3 Å². The van der Waals surface area contributed by atoms with Crippen LogP contribution in [-0.4, -0.2) is 32.2 Å². The molecule has 25 heavy (non-hydrogen) atoms. The molecule has 1 aliphatic carbocycles. The van der Waals surface area contributed by atoms with Crippen molar-refractivity contribution in [3.63, 3.8) is 0 Å². The molecule has 1 aromatic carbocycles. The largest absolute Gasteiger partial charge is 0.378 e. The third-order valence-electron chi connectivity index (χ3n) is 5.05. The van der Waals surface area contributed by atoms with Gasteiger partial charge in [-0.2, -0.15) is 0 Å². The lowest BCUT2D eigenvalue weighted by molar-refractivity contribution is 0.103. The van der Waals surface area contributed by atoms with Gasteiger partial charge in [0.25, 0.3) is 5.91 Å². The molecule has 2 aromatic rings. The minimum Gasteiger partial charge on any atom is -0.378 e. The number of morpholine rings is 1. The Labute approximate surface area is 152 Å². The minimum atomic E-state index is 0.00572. The molecule has 2 heterocycles. The molecule has 4 rings (SSSR count). The number of thiophene rings is 1. The number of hydrogen-bond donors (Lipinski definition) is 1. The number of nitrogens with one attached hydrogen (secondary N) is 1. The Morgan fingerprint density at radius 3 is 2.76 bits per heavy atom. The van der Waals surface area contributed by atoms with E-state index in [1.165, 1.54) is 22.5 Å². The van der Waals surface area contributed by atoms with Gasteiger partial charge in [-0.05, 0) is 61.1 Å². The molecular formula is C20H24N2O2S. The number of ether oxygens (including phenoxy) is 1. The number of hydrogen-bond acceptors (Lipinski definition) is 4. The predicted molar refractivity (Wildman–Crippen MR) is 103 cm³/mol. The molecule has 1 atom stereocenters. The number of rotatable bonds is 3. The molecule has 0 unspecified atom stereocenters. The standard InChI is InChI=1S/C20H24N2O2S/c1-14-2-7-18-15(12-14)13-19(25-18)20(23)21-16-3-5-17(6-4-16)22-8-10-24-11-9-22/h3-6,13-14H,2,7-12H2,1H3,(H,21,23)/t14-/m1/s1. The van der Waals surface area contributed by atoms with Crippen molar-refractivity contribution in [2.24, 2.45) is 5.92 Å². The van der Waals surface area contributed by atoms with Crippen molar-refractivity contribution < 1.29 is 9.53 Å². The average molecular weight is 356 g/mol. The van der Waals surface area contributed by atoms with Gasteiger partial charge in [0, 0.05) is 29.3 Å². The molecule has 1 aromatic heterocycles. The summed E-state index contributed by atoms with van der Waals surface area (Å²) in [4.78, 5) is 17.1. The van der Waals surface area contributed by atoms with Crippen LogP contribution in [0.1, 0.15) is 33.5 Å². The van der Waals surface area contributed by atoms with E-state index in [4.69, 9.17) is 4.74 Å². The maximum atomic E-state index is 12.6. The first kappa shape index (κ1) is 16.6. The zero-order valence-corrected chi connectivity index (χ0v) is 15.4. The molecule has 1 aliphatic heterocycles. The summed E-state index contributed by atoms with van der Waals surface area (Å²) in [6.07, 6.45) is 3.45. The van der Waals surface area contributed by atoms with Gasteiger partial charge in [0.15, 0.2) is 0 Å². The van der Waals surface area contributed by atoms with E-state index in [0.717, 1.165) is 55.6 Å². The summed E-state index contributed by atoms with van der Waals surface area (Å²) < 4.78 is 5.39. The molecule has 1 amide bonds. The second-order valence-electron chi connectivity index (χ2n) is 7.01. The van der Waals surface area contributed by atoms with Crippen LogP contribution < -0.4 is 10.2 Å². The topological polar surface area (TPSA) is 41.6 Å². The average Bonchev–Trinajstić information content (AvgIpc) is 3.06. The number of nitrogens with zero attached hydrogens (tertiary/aromatic N) is 1. The fourth-order valence-electron chi connectivity index (χ4n) is 3.59. The van der Waals surface area contributed by atoms with Crippen LogP contribution in [0, 0.1) is 5.92 Å². The van der Waals surface area contributed by atoms with E-state index < -0.39 is 0 Å². The van der Waals surface area contributed by atoms with E-state index in [-0.39, 0.29) is 5.91 Å². The van der Waals surface area contributed by atoms with Gasteiger partial charge in [-0.1, -0.05) is 6.92 Å². The monoisotopic (exact) mass is 356 g/mol. The molecule has 1 saturated heterocycles. The van der Waals surface area contributed by atoms with Gasteiger partial charge in [-0.15, -0.1) is 11.3 Å². The van der Waals surface area contributed by atoms with Crippen molar-refractivity contribution in [1.29, 1.82) is 0 Å². The first-order valence-corrected chi connectivity index (χ1v) is 9.86. The maximum Gasteiger partial charge on any atom is 0.265 e. The summed E-state index contributed by atoms with van der Waals surface area (Å²) >= 11 is 1.66. The smallest absolute Gasteiger partial charge is 0.265 e. The number of anilines is 2. The van der Waals surface area contributed by atoms with Gasteiger partial charge >= 0.3 is 0 Å². The quantitative estimate of drug-likeness (QED) is 0.905. The number of aryl methyl sites for hydroxylation is 1. The zero-order chi connectivity index (χ0) is 17.2. The van der Waals surface area contributed by atoms with Gasteiger partial charge < -0.3 is 15.0 Å². The highest BCUT2D eigenvalue weighted by Gasteiger charge is 2.20. The van der Waals surface area contributed by atoms with Crippen LogP contribution in [0.15, 0.2) is 30.3 Å². The summed E-state index contributed by atoms with van der Waals surface area (Å²) in [5.41, 5.74) is 3.40. The predicted octanol–water partition coefficient (Wildman–Crippen LogP) is 3.96. The molecule has 0 radical (unpaired) electrons. The summed E-state index contributed by atoms with van der Waals surface area (Å²) in [7, 11) is 0. The van der Waals surface area contributed by atoms with E-state index in [0.29, 0.717) is 0 Å². The van der Waals surface area contributed by atoms with Crippen LogP contribution in [0.4, 0.5) is 11.4 Å². The third-order valence-corrected chi connectivity index (χ3v) is 6.29. The Morgan fingerprint density at radius 1 is 1.24 bits per heavy atom. The lowest BCUT2D eigenvalue weighted by Gasteiger charge is -2.28. The Kier molecular flexibility index (Phi) is 4.77. The SMILES string of the molecule is C[C@@H]1CCc2sc(C(=O)Nc3ccc(N4CCOCC4)cc3)cc2C1. The zero-order valence-electron chi connectivity index (χ0n) is 14.6. The molecule has 0 spiro atoms. The van der Waals surface area contributed by atoms with E-state index in [9.17, 15) is 4.79 Å². The van der Waals surface area contributed by atoms with Crippen LogP contribution in [0.25, 0.3) is 0 Å². The van der Waals surface area contributed by atoms with Crippen LogP contribution in [0.2, 0.25) is 0 Å². The first-order valence-electron chi connectivity index (χ1n) is 9.05. The van der Waals surface area contributed by atoms with Crippen LogP contribution in [-0.2, 0) is 17.6 Å². The first-order chi connectivity index (χ1) is 12.2. The molecule has 0 saturated carbocycles. The lowest BCUT2D eigenvalue weighted by atomic mass is 9.90. The van der Waals surface area contributed by atoms with Crippen LogP contribution in [0.3, 0.4) is 0 Å². The molecule has 0 bridgehead atoms. The van der Waals surface area contributed by atoms with Crippen molar-refractivity contribution in [1.82, 2.24) is 0 Å². The molecule has 2 aliphatic rings. The summed E-state index contributed by atoms with van der Waals surface area (Å²) in [6, 6.07) is 10.2. The summed E-state index contributed by atoms with van der Waals surface area (Å²) in [5, 5.41) is 3.04. The highest BCUT2D eigenvalue weighted by Crippen LogP contribution is 2.32. The highest BCUT2D eigenvalue weighted by atomic mass is 32.1. The van der Waals surface area contributed by atoms with E-state index in [1.807, 2.05) is 12.1 Å². The Bertz CT molecular complexity index is 748. The Hall–Kier alpha value is -1.85. The Morgan fingerprint density at radius 2 is 2.00 bits per heavy atom. The molecule has 132 valence electrons. The number of amides is 1. The van der Waals surface area contributed by atoms with E-state index >= 15 is 0 Å². The molecule has 5 heteroatoms. The summed E-state index contributed by atoms with van der Waals surface area (Å²) in [5.74, 6) is 0.733. The third kappa shape index (κ3) is 3.72. The maximum absolute atomic E-state index is 12.6. The van der Waals surface area contributed by atoms with E-state index in [1.54, 1.807) is 11.3 Å². The van der Waals surface area contributed by atoms with Gasteiger partial charge in [-0.3, -0.25) is 4.79 Å². The second kappa shape index (κ2) is 7.18. The van der Waals surface area contributed by atoms with Gasteiger partial charge in [0.2, 0.25) is 0 Å². The van der Waals surface area contributed by atoms with Gasteiger partial charge in [0.05, 0.1) is 18.1 Å². The van der Waals surface area contributed by atoms with Gasteiger partial charge in [0.1, 0.15) is 0 Å². The fourth-order valence-corrected chi connectivity index (χ4v) is 4.69. The Balaban J connectivity index is 1.42. The minimum absolute atomic E-state index is 0.00572. The number of carbonyl (C=O) groups excluding carboxylic acids is 1. The molecule has 4 nitrogen and oxygen atoms in total. The normalized spacial score (nSPS) is 20.2. The molecule has 1 fully saturated rings. The fraction of sp³-hybridized carbons (Fsp3) is 0.450. The van der Waals surface area contributed by atoms with Gasteiger partial charge in [-0.25, -0.2) is 0 Å². The van der Waals surface area contributed by atoms with Crippen LogP contribution in [0.5, 0.6) is 0 Å². The second-order valence-corrected chi connectivity index (χ2v) is 8.14. The number of carbonyl (C=O) groups is 1. The van der Waals surface area contributed by atoms with Crippen molar-refractivity contribution >= 4 is 28.6 Å². The van der Waals surface area contributed by atoms with Crippen molar-refractivity contribution in [3.05, 3.63) is 45.6 Å². The number of benzene rings is 1. The highest BCUT2D eigenvalue weighted by molar-refractivity contribution is 7.14. The lowest BCUT2D eigenvalue weighted by Crippen LogP contribution is -2.36. The summed E-state index contributed by atoms with van der Waals surface area (Å²) in [6.45, 7) is 5.69. The van der Waals surface area contributed by atoms with Crippen molar-refractivity contribution in [2.75, 3.05) is 36.5 Å². The molecule has 1 N–H and O–H groups in total. The molecular weight excluding hydrogens is 332 g/mol.